The number of alkyl halides is 3. The minimum atomic E-state index is -4.65. The van der Waals surface area contributed by atoms with E-state index in [2.05, 4.69) is 6.07 Å². The normalized spacial score (nSPS) is 20.0. The Bertz CT molecular complexity index is 1290. The third kappa shape index (κ3) is 6.15. The quantitative estimate of drug-likeness (QED) is 0.490. The van der Waals surface area contributed by atoms with Gasteiger partial charge in [-0.1, -0.05) is 17.7 Å². The molecule has 2 aliphatic rings. The van der Waals surface area contributed by atoms with E-state index in [1.54, 1.807) is 12.2 Å². The zero-order chi connectivity index (χ0) is 29.1. The lowest BCUT2D eigenvalue weighted by atomic mass is 9.76. The Kier molecular flexibility index (Phi) is 8.86. The smallest absolute Gasteiger partial charge is 0.416 e. The van der Waals surface area contributed by atoms with Crippen molar-refractivity contribution in [1.82, 2.24) is 9.80 Å². The molecular formula is C27H31F3N6O3. The van der Waals surface area contributed by atoms with Crippen molar-refractivity contribution < 1.29 is 27.5 Å². The summed E-state index contributed by atoms with van der Waals surface area (Å²) < 4.78 is 45.5. The van der Waals surface area contributed by atoms with E-state index in [4.69, 9.17) is 15.9 Å². The molecule has 3 N–H and O–H groups in total. The van der Waals surface area contributed by atoms with Crippen LogP contribution in [0.3, 0.4) is 0 Å². The number of esters is 1. The number of rotatable bonds is 7. The van der Waals surface area contributed by atoms with Crippen LogP contribution in [0.1, 0.15) is 31.7 Å². The minimum absolute atomic E-state index is 0.0120. The summed E-state index contributed by atoms with van der Waals surface area (Å²) in [5.74, 6) is -1.85. The van der Waals surface area contributed by atoms with Crippen LogP contribution in [0.5, 0.6) is 0 Å². The fourth-order valence-electron chi connectivity index (χ4n) is 5.04. The van der Waals surface area contributed by atoms with E-state index < -0.39 is 41.7 Å². The zero-order valence-corrected chi connectivity index (χ0v) is 22.2. The molecule has 0 spiro atoms. The molecule has 12 heteroatoms. The van der Waals surface area contributed by atoms with Crippen LogP contribution in [-0.4, -0.2) is 61.6 Å². The summed E-state index contributed by atoms with van der Waals surface area (Å²) in [5, 5.41) is 18.4. The molecule has 1 aromatic rings. The van der Waals surface area contributed by atoms with Gasteiger partial charge in [-0.05, 0) is 71.1 Å². The van der Waals surface area contributed by atoms with E-state index in [1.165, 1.54) is 19.1 Å². The highest BCUT2D eigenvalue weighted by Crippen LogP contribution is 2.41. The number of carbonyl (C=O) groups excluding carboxylic acids is 2. The van der Waals surface area contributed by atoms with E-state index in [0.717, 1.165) is 47.6 Å². The number of carbonyl (C=O) groups is 2. The summed E-state index contributed by atoms with van der Waals surface area (Å²) in [6.45, 7) is 2.24. The number of ether oxygens (including phenoxy) is 1. The maximum atomic E-state index is 13.5. The van der Waals surface area contributed by atoms with Gasteiger partial charge in [0.25, 0.3) is 0 Å². The van der Waals surface area contributed by atoms with Crippen molar-refractivity contribution in [3.8, 4) is 6.07 Å². The Morgan fingerprint density at radius 2 is 2.00 bits per heavy atom. The Balaban J connectivity index is 2.21. The van der Waals surface area contributed by atoms with Gasteiger partial charge in [-0.3, -0.25) is 15.2 Å². The summed E-state index contributed by atoms with van der Waals surface area (Å²) in [7, 11) is 5.01. The lowest BCUT2D eigenvalue weighted by Gasteiger charge is -2.46. The average molecular weight is 545 g/mol. The van der Waals surface area contributed by atoms with E-state index in [-0.39, 0.29) is 23.4 Å². The lowest BCUT2D eigenvalue weighted by molar-refractivity contribution is -0.138. The number of allylic oxidation sites excluding steroid dienone is 4. The molecule has 0 radical (unpaired) electrons. The second-order valence-electron chi connectivity index (χ2n) is 9.59. The van der Waals surface area contributed by atoms with Crippen LogP contribution < -0.4 is 10.6 Å². The number of hydrogen-bond acceptors (Lipinski definition) is 6. The van der Waals surface area contributed by atoms with E-state index in [9.17, 15) is 28.0 Å². The van der Waals surface area contributed by atoms with Crippen molar-refractivity contribution in [1.29, 1.82) is 10.7 Å². The molecule has 208 valence electrons. The number of methoxy groups -OCH3 is 1. The van der Waals surface area contributed by atoms with Crippen LogP contribution >= 0.6 is 0 Å². The van der Waals surface area contributed by atoms with Crippen molar-refractivity contribution in [2.45, 2.75) is 38.4 Å². The largest absolute Gasteiger partial charge is 0.466 e. The number of nitrogens with one attached hydrogen (secondary N) is 1. The Hall–Kier alpha value is -4.11. The number of hydrogen-bond donors (Lipinski definition) is 2. The SMILES string of the molecule is COC(=O)C1=C(C)N(c2cccc(C(F)(F)F)c2)C(=N)N(C(N)=O)C1C1CC=C(C#N)C=C1CCCN(C)C. The highest BCUT2D eigenvalue weighted by molar-refractivity contribution is 6.10. The predicted octanol–water partition coefficient (Wildman–Crippen LogP) is 4.39. The summed E-state index contributed by atoms with van der Waals surface area (Å²) in [6, 6.07) is 4.23. The van der Waals surface area contributed by atoms with Gasteiger partial charge in [0.15, 0.2) is 0 Å². The third-order valence-electron chi connectivity index (χ3n) is 6.80. The average Bonchev–Trinajstić information content (AvgIpc) is 2.87. The van der Waals surface area contributed by atoms with E-state index >= 15 is 0 Å². The monoisotopic (exact) mass is 544 g/mol. The second-order valence-corrected chi connectivity index (χ2v) is 9.59. The maximum Gasteiger partial charge on any atom is 0.416 e. The summed E-state index contributed by atoms with van der Waals surface area (Å²) in [6.07, 6.45) is 0.296. The molecule has 1 heterocycles. The first kappa shape index (κ1) is 29.4. The first-order valence-electron chi connectivity index (χ1n) is 12.2. The van der Waals surface area contributed by atoms with Gasteiger partial charge in [0, 0.05) is 22.9 Å². The van der Waals surface area contributed by atoms with E-state index in [0.29, 0.717) is 12.0 Å². The van der Waals surface area contributed by atoms with Gasteiger partial charge < -0.3 is 15.4 Å². The molecule has 0 aromatic heterocycles. The van der Waals surface area contributed by atoms with Crippen LogP contribution in [0, 0.1) is 22.7 Å². The highest BCUT2D eigenvalue weighted by Gasteiger charge is 2.47. The molecule has 3 rings (SSSR count). The number of amides is 2. The maximum absolute atomic E-state index is 13.5. The molecule has 39 heavy (non-hydrogen) atoms. The molecule has 2 atom stereocenters. The zero-order valence-electron chi connectivity index (χ0n) is 22.2. The first-order chi connectivity index (χ1) is 18.3. The summed E-state index contributed by atoms with van der Waals surface area (Å²) in [4.78, 5) is 30.1. The molecular weight excluding hydrogens is 513 g/mol. The van der Waals surface area contributed by atoms with Crippen LogP contribution in [0.2, 0.25) is 0 Å². The van der Waals surface area contributed by atoms with Gasteiger partial charge in [0.2, 0.25) is 5.96 Å². The topological polar surface area (TPSA) is 127 Å². The van der Waals surface area contributed by atoms with Gasteiger partial charge in [-0.15, -0.1) is 0 Å². The number of urea groups is 1. The van der Waals surface area contributed by atoms with Gasteiger partial charge in [-0.25, -0.2) is 9.59 Å². The first-order valence-corrected chi connectivity index (χ1v) is 12.2. The number of nitrogens with zero attached hydrogens (tertiary/aromatic N) is 4. The molecule has 0 saturated heterocycles. The summed E-state index contributed by atoms with van der Waals surface area (Å²) in [5.41, 5.74) is 6.08. The molecule has 0 fully saturated rings. The van der Waals surface area contributed by atoms with Crippen molar-refractivity contribution in [3.63, 3.8) is 0 Å². The van der Waals surface area contributed by atoms with Gasteiger partial charge >= 0.3 is 18.2 Å². The van der Waals surface area contributed by atoms with Crippen LogP contribution in [-0.2, 0) is 15.7 Å². The number of nitrogens with two attached hydrogens (primary N) is 1. The molecule has 1 aliphatic heterocycles. The van der Waals surface area contributed by atoms with Crippen molar-refractivity contribution in [3.05, 3.63) is 64.4 Å². The number of anilines is 1. The fourth-order valence-corrected chi connectivity index (χ4v) is 5.04. The van der Waals surface area contributed by atoms with Crippen molar-refractivity contribution >= 4 is 23.6 Å². The van der Waals surface area contributed by atoms with Crippen molar-refractivity contribution in [2.24, 2.45) is 11.7 Å². The summed E-state index contributed by atoms with van der Waals surface area (Å²) >= 11 is 0. The Morgan fingerprint density at radius 1 is 1.31 bits per heavy atom. The number of guanidine groups is 1. The fraction of sp³-hybridized carbons (Fsp3) is 0.407. The van der Waals surface area contributed by atoms with Gasteiger partial charge in [0.05, 0.1) is 30.4 Å². The Morgan fingerprint density at radius 3 is 2.56 bits per heavy atom. The number of benzene rings is 1. The van der Waals surface area contributed by atoms with Gasteiger partial charge in [-0.2, -0.15) is 18.4 Å². The number of nitriles is 1. The number of halogens is 3. The van der Waals surface area contributed by atoms with Crippen molar-refractivity contribution in [2.75, 3.05) is 32.6 Å². The molecule has 2 amide bonds. The Labute approximate surface area is 225 Å². The molecule has 1 aromatic carbocycles. The number of primary amides is 1. The molecule has 1 aliphatic carbocycles. The van der Waals surface area contributed by atoms with E-state index in [1.807, 2.05) is 19.0 Å². The lowest BCUT2D eigenvalue weighted by Crippen LogP contribution is -2.61. The molecule has 0 saturated carbocycles. The van der Waals surface area contributed by atoms with Gasteiger partial charge in [0.1, 0.15) is 0 Å². The standard InChI is InChI=1S/C27H31F3N6O3/c1-16-22(24(37)39-4)23(21-11-10-17(15-31)13-18(21)7-6-12-34(2)3)36(26(33)38)25(32)35(16)20-9-5-8-19(14-20)27(28,29)30/h5,8-10,13-14,21,23,32H,6-7,11-12H2,1-4H3,(H2,33,38). The molecule has 2 unspecified atom stereocenters. The predicted molar refractivity (Wildman–Crippen MR) is 139 cm³/mol. The third-order valence-corrected chi connectivity index (χ3v) is 6.80. The molecule has 0 bridgehead atoms. The second kappa shape index (κ2) is 11.7. The minimum Gasteiger partial charge on any atom is -0.466 e. The highest BCUT2D eigenvalue weighted by atomic mass is 19.4. The van der Waals surface area contributed by atoms with Crippen LogP contribution in [0.15, 0.2) is 58.8 Å². The van der Waals surface area contributed by atoms with Crippen LogP contribution in [0.25, 0.3) is 0 Å². The van der Waals surface area contributed by atoms with Crippen LogP contribution in [0.4, 0.5) is 23.7 Å². The molecule has 9 nitrogen and oxygen atoms in total.